The lowest BCUT2D eigenvalue weighted by Gasteiger charge is -2.20. The average molecular weight is 379 g/mol. The van der Waals surface area contributed by atoms with Crippen LogP contribution in [-0.4, -0.2) is 30.5 Å². The van der Waals surface area contributed by atoms with Crippen molar-refractivity contribution in [1.29, 1.82) is 0 Å². The third-order valence-electron chi connectivity index (χ3n) is 4.88. The molecule has 0 radical (unpaired) electrons. The molecular weight excluding hydrogens is 360 g/mol. The molecule has 3 aromatic rings. The topological polar surface area (TPSA) is 29.5 Å². The zero-order valence-electron chi connectivity index (χ0n) is 15.2. The van der Waals surface area contributed by atoms with Gasteiger partial charge in [-0.1, -0.05) is 36.4 Å². The number of carbonyl (C=O) groups excluding carboxylic acids is 1. The van der Waals surface area contributed by atoms with Gasteiger partial charge in [0.2, 0.25) is 0 Å². The molecule has 3 aromatic carbocycles. The fourth-order valence-electron chi connectivity index (χ4n) is 3.37. The first-order valence-corrected chi connectivity index (χ1v) is 9.17. The third-order valence-corrected chi connectivity index (χ3v) is 4.88. The molecule has 0 saturated carbocycles. The molecule has 0 N–H and O–H groups in total. The molecule has 0 unspecified atom stereocenters. The minimum Gasteiger partial charge on any atom is -0.491 e. The van der Waals surface area contributed by atoms with E-state index in [1.165, 1.54) is 18.2 Å². The van der Waals surface area contributed by atoms with E-state index in [9.17, 15) is 13.6 Å². The summed E-state index contributed by atoms with van der Waals surface area (Å²) >= 11 is 0. The first-order valence-electron chi connectivity index (χ1n) is 9.17. The van der Waals surface area contributed by atoms with Gasteiger partial charge in [-0.2, -0.15) is 0 Å². The van der Waals surface area contributed by atoms with Crippen LogP contribution < -0.4 is 4.74 Å². The Kier molecular flexibility index (Phi) is 5.06. The summed E-state index contributed by atoms with van der Waals surface area (Å²) < 4.78 is 33.1. The minimum atomic E-state index is -0.316. The van der Waals surface area contributed by atoms with Crippen molar-refractivity contribution in [3.8, 4) is 16.9 Å². The molecule has 0 fully saturated rings. The molecule has 0 saturated heterocycles. The van der Waals surface area contributed by atoms with Crippen molar-refractivity contribution in [3.05, 3.63) is 89.5 Å². The summed E-state index contributed by atoms with van der Waals surface area (Å²) in [6, 6.07) is 18.1. The van der Waals surface area contributed by atoms with E-state index in [4.69, 9.17) is 4.74 Å². The summed E-state index contributed by atoms with van der Waals surface area (Å²) in [6.07, 6.45) is 0.440. The SMILES string of the molecule is O=C1c2ccc(-c3cccc(F)c3)cc2OCCN1CCc1ccccc1F. The predicted molar refractivity (Wildman–Crippen MR) is 103 cm³/mol. The number of amides is 1. The van der Waals surface area contributed by atoms with Gasteiger partial charge >= 0.3 is 0 Å². The van der Waals surface area contributed by atoms with E-state index in [1.807, 2.05) is 6.07 Å². The summed E-state index contributed by atoms with van der Waals surface area (Å²) in [5.41, 5.74) is 2.55. The van der Waals surface area contributed by atoms with E-state index in [0.717, 1.165) is 11.1 Å². The number of nitrogens with zero attached hydrogens (tertiary/aromatic N) is 1. The smallest absolute Gasteiger partial charge is 0.257 e. The Bertz CT molecular complexity index is 1020. The Morgan fingerprint density at radius 1 is 0.929 bits per heavy atom. The Hall–Kier alpha value is -3.21. The van der Waals surface area contributed by atoms with Gasteiger partial charge in [-0.25, -0.2) is 8.78 Å². The highest BCUT2D eigenvalue weighted by Gasteiger charge is 2.24. The van der Waals surface area contributed by atoms with Crippen LogP contribution in [0.15, 0.2) is 66.7 Å². The van der Waals surface area contributed by atoms with E-state index in [1.54, 1.807) is 47.4 Å². The fourth-order valence-corrected chi connectivity index (χ4v) is 3.37. The van der Waals surface area contributed by atoms with Crippen LogP contribution in [0.1, 0.15) is 15.9 Å². The van der Waals surface area contributed by atoms with Gasteiger partial charge in [0.25, 0.3) is 5.91 Å². The normalized spacial score (nSPS) is 13.6. The molecule has 3 nitrogen and oxygen atoms in total. The molecule has 0 bridgehead atoms. The fraction of sp³-hybridized carbons (Fsp3) is 0.174. The number of hydrogen-bond donors (Lipinski definition) is 0. The van der Waals surface area contributed by atoms with Gasteiger partial charge in [0.1, 0.15) is 24.0 Å². The van der Waals surface area contributed by atoms with E-state index >= 15 is 0 Å². The van der Waals surface area contributed by atoms with Gasteiger partial charge in [-0.15, -0.1) is 0 Å². The molecule has 0 aliphatic carbocycles. The molecule has 4 rings (SSSR count). The minimum absolute atomic E-state index is 0.144. The zero-order chi connectivity index (χ0) is 19.5. The number of hydrogen-bond acceptors (Lipinski definition) is 2. The van der Waals surface area contributed by atoms with Crippen LogP contribution >= 0.6 is 0 Å². The number of rotatable bonds is 4. The number of fused-ring (bicyclic) bond motifs is 1. The maximum atomic E-state index is 13.8. The molecule has 0 spiro atoms. The Labute approximate surface area is 162 Å². The van der Waals surface area contributed by atoms with Crippen LogP contribution in [-0.2, 0) is 6.42 Å². The first kappa shape index (κ1) is 18.2. The third kappa shape index (κ3) is 3.74. The van der Waals surface area contributed by atoms with Crippen LogP contribution in [0.2, 0.25) is 0 Å². The highest BCUT2D eigenvalue weighted by Crippen LogP contribution is 2.30. The van der Waals surface area contributed by atoms with Gasteiger partial charge in [0.15, 0.2) is 0 Å². The monoisotopic (exact) mass is 379 g/mol. The lowest BCUT2D eigenvalue weighted by atomic mass is 10.0. The van der Waals surface area contributed by atoms with E-state index in [2.05, 4.69) is 0 Å². The van der Waals surface area contributed by atoms with Crippen LogP contribution in [0.25, 0.3) is 11.1 Å². The maximum Gasteiger partial charge on any atom is 0.257 e. The Morgan fingerprint density at radius 3 is 2.57 bits per heavy atom. The largest absolute Gasteiger partial charge is 0.491 e. The molecular formula is C23H19F2NO2. The number of halogens is 2. The second-order valence-corrected chi connectivity index (χ2v) is 6.70. The molecule has 0 atom stereocenters. The van der Waals surface area contributed by atoms with Crippen LogP contribution in [0.3, 0.4) is 0 Å². The van der Waals surface area contributed by atoms with Crippen LogP contribution in [0, 0.1) is 11.6 Å². The second kappa shape index (κ2) is 7.80. The first-order chi connectivity index (χ1) is 13.6. The maximum absolute atomic E-state index is 13.8. The number of ether oxygens (including phenoxy) is 1. The van der Waals surface area contributed by atoms with Crippen LogP contribution in [0.5, 0.6) is 5.75 Å². The van der Waals surface area contributed by atoms with Gasteiger partial charge in [0.05, 0.1) is 12.1 Å². The van der Waals surface area contributed by atoms with Crippen molar-refractivity contribution >= 4 is 5.91 Å². The van der Waals surface area contributed by atoms with Crippen molar-refractivity contribution in [3.63, 3.8) is 0 Å². The molecule has 5 heteroatoms. The molecule has 1 aliphatic heterocycles. The van der Waals surface area contributed by atoms with Crippen molar-refractivity contribution in [2.24, 2.45) is 0 Å². The summed E-state index contributed by atoms with van der Waals surface area (Å²) in [4.78, 5) is 14.6. The van der Waals surface area contributed by atoms with Gasteiger partial charge in [-0.3, -0.25) is 4.79 Å². The number of benzene rings is 3. The zero-order valence-corrected chi connectivity index (χ0v) is 15.2. The van der Waals surface area contributed by atoms with Crippen molar-refractivity contribution < 1.29 is 18.3 Å². The summed E-state index contributed by atoms with van der Waals surface area (Å²) in [5.74, 6) is -0.236. The van der Waals surface area contributed by atoms with Crippen LogP contribution in [0.4, 0.5) is 8.78 Å². The quantitative estimate of drug-likeness (QED) is 0.657. The molecule has 28 heavy (non-hydrogen) atoms. The van der Waals surface area contributed by atoms with E-state index < -0.39 is 0 Å². The van der Waals surface area contributed by atoms with E-state index in [-0.39, 0.29) is 17.5 Å². The standard InChI is InChI=1S/C23H19F2NO2/c24-19-6-3-5-17(14-19)18-8-9-20-22(15-18)28-13-12-26(23(20)27)11-10-16-4-1-2-7-21(16)25/h1-9,14-15H,10-13H2. The summed E-state index contributed by atoms with van der Waals surface area (Å²) in [6.45, 7) is 1.19. The lowest BCUT2D eigenvalue weighted by Crippen LogP contribution is -2.34. The van der Waals surface area contributed by atoms with Crippen molar-refractivity contribution in [2.75, 3.05) is 19.7 Å². The molecule has 142 valence electrons. The Balaban J connectivity index is 1.55. The highest BCUT2D eigenvalue weighted by molar-refractivity contribution is 5.98. The highest BCUT2D eigenvalue weighted by atomic mass is 19.1. The van der Waals surface area contributed by atoms with Gasteiger partial charge in [-0.05, 0) is 53.4 Å². The lowest BCUT2D eigenvalue weighted by molar-refractivity contribution is 0.0757. The average Bonchev–Trinajstić information content (AvgIpc) is 2.86. The van der Waals surface area contributed by atoms with Crippen molar-refractivity contribution in [1.82, 2.24) is 4.90 Å². The molecule has 1 amide bonds. The summed E-state index contributed by atoms with van der Waals surface area (Å²) in [5, 5.41) is 0. The molecule has 0 aromatic heterocycles. The predicted octanol–water partition coefficient (Wildman–Crippen LogP) is 4.71. The number of carbonyl (C=O) groups is 1. The Morgan fingerprint density at radius 2 is 1.75 bits per heavy atom. The van der Waals surface area contributed by atoms with E-state index in [0.29, 0.717) is 43.0 Å². The van der Waals surface area contributed by atoms with Gasteiger partial charge < -0.3 is 9.64 Å². The molecule has 1 aliphatic rings. The molecule has 1 heterocycles. The second-order valence-electron chi connectivity index (χ2n) is 6.70. The van der Waals surface area contributed by atoms with Crippen molar-refractivity contribution in [2.45, 2.75) is 6.42 Å². The summed E-state index contributed by atoms with van der Waals surface area (Å²) in [7, 11) is 0. The van der Waals surface area contributed by atoms with Gasteiger partial charge in [0, 0.05) is 6.54 Å².